The lowest BCUT2D eigenvalue weighted by atomic mass is 9.53. The third-order valence-electron chi connectivity index (χ3n) is 5.42. The average molecular weight is 267 g/mol. The molecule has 0 aromatic carbocycles. The molecule has 4 aliphatic rings. The van der Waals surface area contributed by atoms with Gasteiger partial charge in [-0.1, -0.05) is 0 Å². The van der Waals surface area contributed by atoms with Crippen molar-refractivity contribution in [2.24, 2.45) is 17.8 Å². The van der Waals surface area contributed by atoms with E-state index in [1.54, 1.807) is 7.11 Å². The Labute approximate surface area is 117 Å². The molecule has 0 spiro atoms. The quantitative estimate of drug-likeness (QED) is 0.686. The van der Waals surface area contributed by atoms with Crippen LogP contribution in [0.4, 0.5) is 0 Å². The molecule has 0 aromatic heterocycles. The molecule has 110 valence electrons. The minimum Gasteiger partial charge on any atom is -0.385 e. The highest BCUT2D eigenvalue weighted by Gasteiger charge is 2.50. The first-order valence-corrected chi connectivity index (χ1v) is 8.11. The molecule has 4 saturated carbocycles. The highest BCUT2D eigenvalue weighted by atomic mass is 16.5. The highest BCUT2D eigenvalue weighted by molar-refractivity contribution is 5.06. The molecule has 4 aliphatic carbocycles. The van der Waals surface area contributed by atoms with Crippen molar-refractivity contribution in [2.75, 3.05) is 33.5 Å². The molecular formula is C16H29NO2. The molecule has 0 atom stereocenters. The Balaban J connectivity index is 1.36. The SMILES string of the molecule is COCCCOCCNC12CC3CC(CC(C3)C1)C2. The van der Waals surface area contributed by atoms with Crippen LogP contribution in [-0.2, 0) is 9.47 Å². The van der Waals surface area contributed by atoms with E-state index in [-0.39, 0.29) is 0 Å². The maximum absolute atomic E-state index is 5.66. The van der Waals surface area contributed by atoms with E-state index in [9.17, 15) is 0 Å². The fourth-order valence-electron chi connectivity index (χ4n) is 5.12. The van der Waals surface area contributed by atoms with Crippen LogP contribution in [0.5, 0.6) is 0 Å². The number of nitrogens with one attached hydrogen (secondary N) is 1. The summed E-state index contributed by atoms with van der Waals surface area (Å²) in [5, 5.41) is 3.86. The zero-order chi connectivity index (χ0) is 13.1. The molecule has 1 N–H and O–H groups in total. The van der Waals surface area contributed by atoms with Gasteiger partial charge in [-0.15, -0.1) is 0 Å². The van der Waals surface area contributed by atoms with Gasteiger partial charge < -0.3 is 14.8 Å². The summed E-state index contributed by atoms with van der Waals surface area (Å²) < 4.78 is 10.7. The van der Waals surface area contributed by atoms with E-state index in [2.05, 4.69) is 5.32 Å². The topological polar surface area (TPSA) is 30.5 Å². The predicted octanol–water partition coefficient (Wildman–Crippen LogP) is 2.60. The molecule has 3 nitrogen and oxygen atoms in total. The lowest BCUT2D eigenvalue weighted by molar-refractivity contribution is -0.0231. The van der Waals surface area contributed by atoms with Crippen LogP contribution in [0.3, 0.4) is 0 Å². The van der Waals surface area contributed by atoms with Crippen molar-refractivity contribution in [3.63, 3.8) is 0 Å². The summed E-state index contributed by atoms with van der Waals surface area (Å²) in [6.07, 6.45) is 9.87. The molecule has 0 heterocycles. The van der Waals surface area contributed by atoms with E-state index in [1.807, 2.05) is 0 Å². The third-order valence-corrected chi connectivity index (χ3v) is 5.42. The van der Waals surface area contributed by atoms with Crippen LogP contribution in [0.1, 0.15) is 44.9 Å². The van der Waals surface area contributed by atoms with Crippen LogP contribution in [-0.4, -0.2) is 39.0 Å². The number of hydrogen-bond donors (Lipinski definition) is 1. The van der Waals surface area contributed by atoms with Gasteiger partial charge >= 0.3 is 0 Å². The van der Waals surface area contributed by atoms with E-state index < -0.39 is 0 Å². The van der Waals surface area contributed by atoms with E-state index >= 15 is 0 Å². The van der Waals surface area contributed by atoms with Gasteiger partial charge in [-0.3, -0.25) is 0 Å². The average Bonchev–Trinajstić information content (AvgIpc) is 2.36. The lowest BCUT2D eigenvalue weighted by Crippen LogP contribution is -2.58. The molecule has 4 fully saturated rings. The van der Waals surface area contributed by atoms with Crippen molar-refractivity contribution in [1.29, 1.82) is 0 Å². The molecule has 0 amide bonds. The highest BCUT2D eigenvalue weighted by Crippen LogP contribution is 2.55. The first-order chi connectivity index (χ1) is 9.30. The van der Waals surface area contributed by atoms with E-state index in [4.69, 9.17) is 9.47 Å². The Morgan fingerprint density at radius 2 is 1.58 bits per heavy atom. The van der Waals surface area contributed by atoms with E-state index in [0.717, 1.165) is 50.5 Å². The summed E-state index contributed by atoms with van der Waals surface area (Å²) in [7, 11) is 1.74. The first kappa shape index (κ1) is 13.8. The lowest BCUT2D eigenvalue weighted by Gasteiger charge is -2.57. The predicted molar refractivity (Wildman–Crippen MR) is 76.2 cm³/mol. The first-order valence-electron chi connectivity index (χ1n) is 8.11. The molecule has 3 heteroatoms. The molecule has 0 radical (unpaired) electrons. The summed E-state index contributed by atoms with van der Waals surface area (Å²) in [4.78, 5) is 0. The fourth-order valence-corrected chi connectivity index (χ4v) is 5.12. The molecule has 4 rings (SSSR count). The van der Waals surface area contributed by atoms with Crippen LogP contribution in [0.2, 0.25) is 0 Å². The largest absolute Gasteiger partial charge is 0.385 e. The van der Waals surface area contributed by atoms with E-state index in [1.165, 1.54) is 38.5 Å². The second-order valence-corrected chi connectivity index (χ2v) is 7.08. The zero-order valence-corrected chi connectivity index (χ0v) is 12.3. The van der Waals surface area contributed by atoms with Gasteiger partial charge in [0.25, 0.3) is 0 Å². The fraction of sp³-hybridized carbons (Fsp3) is 1.00. The number of ether oxygens (including phenoxy) is 2. The van der Waals surface area contributed by atoms with Gasteiger partial charge in [0.15, 0.2) is 0 Å². The Morgan fingerprint density at radius 1 is 0.947 bits per heavy atom. The van der Waals surface area contributed by atoms with Crippen LogP contribution < -0.4 is 5.32 Å². The Hall–Kier alpha value is -0.120. The van der Waals surface area contributed by atoms with Crippen molar-refractivity contribution >= 4 is 0 Å². The smallest absolute Gasteiger partial charge is 0.0591 e. The summed E-state index contributed by atoms with van der Waals surface area (Å²) >= 11 is 0. The number of hydrogen-bond acceptors (Lipinski definition) is 3. The summed E-state index contributed by atoms with van der Waals surface area (Å²) in [6, 6.07) is 0. The van der Waals surface area contributed by atoms with Gasteiger partial charge in [-0.2, -0.15) is 0 Å². The van der Waals surface area contributed by atoms with Crippen molar-refractivity contribution in [1.82, 2.24) is 5.32 Å². The monoisotopic (exact) mass is 267 g/mol. The number of rotatable bonds is 8. The Bertz CT molecular complexity index is 257. The standard InChI is InChI=1S/C16H29NO2/c1-18-4-2-5-19-6-3-17-16-10-13-7-14(11-16)9-15(8-13)12-16/h13-15,17H,2-12H2,1H3. The second kappa shape index (κ2) is 6.11. The summed E-state index contributed by atoms with van der Waals surface area (Å²) in [5.41, 5.74) is 0.491. The van der Waals surface area contributed by atoms with E-state index in [0.29, 0.717) is 5.54 Å². The second-order valence-electron chi connectivity index (χ2n) is 7.08. The molecule has 4 bridgehead atoms. The molecule has 0 saturated heterocycles. The van der Waals surface area contributed by atoms with Crippen molar-refractivity contribution in [3.05, 3.63) is 0 Å². The summed E-state index contributed by atoms with van der Waals surface area (Å²) in [5.74, 6) is 3.09. The van der Waals surface area contributed by atoms with Gasteiger partial charge in [-0.25, -0.2) is 0 Å². The van der Waals surface area contributed by atoms with Gasteiger partial charge in [0.2, 0.25) is 0 Å². The van der Waals surface area contributed by atoms with Crippen molar-refractivity contribution in [2.45, 2.75) is 50.5 Å². The molecular weight excluding hydrogens is 238 g/mol. The Morgan fingerprint density at radius 3 is 2.16 bits per heavy atom. The van der Waals surface area contributed by atoms with Crippen molar-refractivity contribution < 1.29 is 9.47 Å². The molecule has 0 aliphatic heterocycles. The maximum Gasteiger partial charge on any atom is 0.0591 e. The van der Waals surface area contributed by atoms with Crippen LogP contribution in [0.15, 0.2) is 0 Å². The third kappa shape index (κ3) is 3.32. The van der Waals surface area contributed by atoms with Gasteiger partial charge in [0.1, 0.15) is 0 Å². The van der Waals surface area contributed by atoms with Crippen LogP contribution in [0, 0.1) is 17.8 Å². The Kier molecular flexibility index (Phi) is 4.45. The minimum absolute atomic E-state index is 0.491. The maximum atomic E-state index is 5.66. The van der Waals surface area contributed by atoms with Gasteiger partial charge in [-0.05, 0) is 62.7 Å². The van der Waals surface area contributed by atoms with Crippen LogP contribution in [0.25, 0.3) is 0 Å². The normalized spacial score (nSPS) is 39.9. The summed E-state index contributed by atoms with van der Waals surface area (Å²) in [6.45, 7) is 3.52. The van der Waals surface area contributed by atoms with Crippen molar-refractivity contribution in [3.8, 4) is 0 Å². The van der Waals surface area contributed by atoms with Gasteiger partial charge in [0, 0.05) is 32.4 Å². The minimum atomic E-state index is 0.491. The molecule has 0 aromatic rings. The van der Waals surface area contributed by atoms with Crippen LogP contribution >= 0.6 is 0 Å². The zero-order valence-electron chi connectivity index (χ0n) is 12.3. The molecule has 0 unspecified atom stereocenters. The number of methoxy groups -OCH3 is 1. The van der Waals surface area contributed by atoms with Gasteiger partial charge in [0.05, 0.1) is 6.61 Å². The molecule has 19 heavy (non-hydrogen) atoms.